The molecular formula is C14H20Cl2N2OS. The summed E-state index contributed by atoms with van der Waals surface area (Å²) in [5, 5.41) is 3.75. The van der Waals surface area contributed by atoms with Gasteiger partial charge >= 0.3 is 0 Å². The van der Waals surface area contributed by atoms with Crippen LogP contribution in [0.15, 0.2) is 23.1 Å². The molecule has 20 heavy (non-hydrogen) atoms. The van der Waals surface area contributed by atoms with Crippen molar-refractivity contribution in [2.75, 3.05) is 5.75 Å². The summed E-state index contributed by atoms with van der Waals surface area (Å²) >= 11 is 7.85. The molecule has 1 aliphatic rings. The Balaban J connectivity index is 0.00000200. The number of fused-ring (bicyclic) bond motifs is 1. The van der Waals surface area contributed by atoms with Crippen LogP contribution in [0.1, 0.15) is 31.9 Å². The number of hydrogen-bond donors (Lipinski definition) is 2. The maximum atomic E-state index is 12.1. The Morgan fingerprint density at radius 1 is 1.50 bits per heavy atom. The summed E-state index contributed by atoms with van der Waals surface area (Å²) in [5.41, 5.74) is 6.99. The molecule has 1 aromatic rings. The topological polar surface area (TPSA) is 55.1 Å². The molecule has 1 heterocycles. The van der Waals surface area contributed by atoms with Gasteiger partial charge in [-0.15, -0.1) is 24.2 Å². The minimum atomic E-state index is -0.461. The van der Waals surface area contributed by atoms with Gasteiger partial charge in [-0.05, 0) is 36.1 Å². The van der Waals surface area contributed by atoms with Crippen LogP contribution in [-0.4, -0.2) is 17.7 Å². The number of benzene rings is 1. The zero-order chi connectivity index (χ0) is 14.0. The van der Waals surface area contributed by atoms with Gasteiger partial charge in [0.1, 0.15) is 0 Å². The number of rotatable bonds is 3. The lowest BCUT2D eigenvalue weighted by molar-refractivity contribution is -0.124. The quantitative estimate of drug-likeness (QED) is 0.890. The van der Waals surface area contributed by atoms with Crippen molar-refractivity contribution in [2.45, 2.75) is 37.2 Å². The molecule has 6 heteroatoms. The molecule has 1 unspecified atom stereocenters. The molecule has 1 aliphatic heterocycles. The number of carbonyl (C=O) groups excluding carboxylic acids is 1. The molecule has 0 bridgehead atoms. The van der Waals surface area contributed by atoms with E-state index in [0.717, 1.165) is 17.7 Å². The van der Waals surface area contributed by atoms with Crippen LogP contribution in [0.25, 0.3) is 0 Å². The minimum absolute atomic E-state index is 0. The van der Waals surface area contributed by atoms with Gasteiger partial charge in [-0.1, -0.05) is 25.4 Å². The summed E-state index contributed by atoms with van der Waals surface area (Å²) in [4.78, 5) is 13.3. The monoisotopic (exact) mass is 334 g/mol. The summed E-state index contributed by atoms with van der Waals surface area (Å²) in [6.07, 6.45) is 0.911. The van der Waals surface area contributed by atoms with Crippen molar-refractivity contribution in [1.29, 1.82) is 0 Å². The second-order valence-electron chi connectivity index (χ2n) is 5.15. The molecule has 1 aromatic carbocycles. The maximum absolute atomic E-state index is 12.1. The number of carbonyl (C=O) groups is 1. The van der Waals surface area contributed by atoms with Crippen LogP contribution in [0.5, 0.6) is 0 Å². The Morgan fingerprint density at radius 3 is 2.85 bits per heavy atom. The molecule has 0 radical (unpaired) electrons. The first-order valence-corrected chi connectivity index (χ1v) is 7.83. The molecule has 0 spiro atoms. The molecule has 0 fully saturated rings. The van der Waals surface area contributed by atoms with Gasteiger partial charge in [-0.3, -0.25) is 4.79 Å². The van der Waals surface area contributed by atoms with Gasteiger partial charge < -0.3 is 11.1 Å². The van der Waals surface area contributed by atoms with Gasteiger partial charge in [0, 0.05) is 15.7 Å². The van der Waals surface area contributed by atoms with Crippen LogP contribution in [-0.2, 0) is 4.79 Å². The predicted octanol–water partition coefficient (Wildman–Crippen LogP) is 3.40. The van der Waals surface area contributed by atoms with Crippen molar-refractivity contribution in [3.63, 3.8) is 0 Å². The SMILES string of the molecule is CC(C)[C@@H](N)C(=O)NC1CCSc2ccc(Cl)cc21.Cl. The molecule has 0 aliphatic carbocycles. The van der Waals surface area contributed by atoms with Crippen LogP contribution >= 0.6 is 35.8 Å². The summed E-state index contributed by atoms with van der Waals surface area (Å²) in [6.45, 7) is 3.90. The highest BCUT2D eigenvalue weighted by atomic mass is 35.5. The third-order valence-corrected chi connectivity index (χ3v) is 4.71. The second-order valence-corrected chi connectivity index (χ2v) is 6.72. The van der Waals surface area contributed by atoms with E-state index in [1.165, 1.54) is 4.90 Å². The standard InChI is InChI=1S/C14H19ClN2OS.ClH/c1-8(2)13(16)14(18)17-11-5-6-19-12-4-3-9(15)7-10(11)12;/h3-4,7-8,11,13H,5-6,16H2,1-2H3,(H,17,18);1H/t11?,13-;/m1./s1. The van der Waals surface area contributed by atoms with E-state index in [9.17, 15) is 4.79 Å². The predicted molar refractivity (Wildman–Crippen MR) is 87.7 cm³/mol. The molecule has 3 N–H and O–H groups in total. The lowest BCUT2D eigenvalue weighted by atomic mass is 10.0. The van der Waals surface area contributed by atoms with Gasteiger partial charge in [0.15, 0.2) is 0 Å². The Kier molecular flexibility index (Phi) is 6.65. The first-order valence-electron chi connectivity index (χ1n) is 6.47. The molecule has 2 rings (SSSR count). The molecule has 0 aromatic heterocycles. The second kappa shape index (κ2) is 7.55. The number of nitrogens with two attached hydrogens (primary N) is 1. The van der Waals surface area contributed by atoms with Gasteiger partial charge in [-0.25, -0.2) is 0 Å². The van der Waals surface area contributed by atoms with Crippen LogP contribution < -0.4 is 11.1 Å². The van der Waals surface area contributed by atoms with Crippen LogP contribution in [0.4, 0.5) is 0 Å². The Bertz CT molecular complexity index is 482. The highest BCUT2D eigenvalue weighted by molar-refractivity contribution is 7.99. The Labute approximate surface area is 135 Å². The van der Waals surface area contributed by atoms with Crippen LogP contribution in [0.3, 0.4) is 0 Å². The van der Waals surface area contributed by atoms with E-state index in [2.05, 4.69) is 5.32 Å². The van der Waals surface area contributed by atoms with Gasteiger partial charge in [-0.2, -0.15) is 0 Å². The molecule has 2 atom stereocenters. The van der Waals surface area contributed by atoms with Gasteiger partial charge in [0.05, 0.1) is 12.1 Å². The normalized spacial score (nSPS) is 18.9. The lowest BCUT2D eigenvalue weighted by Gasteiger charge is -2.28. The van der Waals surface area contributed by atoms with Crippen LogP contribution in [0, 0.1) is 5.92 Å². The third-order valence-electron chi connectivity index (χ3n) is 3.35. The van der Waals surface area contributed by atoms with E-state index >= 15 is 0 Å². The fraction of sp³-hybridized carbons (Fsp3) is 0.500. The van der Waals surface area contributed by atoms with E-state index in [0.29, 0.717) is 5.02 Å². The summed E-state index contributed by atoms with van der Waals surface area (Å²) in [7, 11) is 0. The van der Waals surface area contributed by atoms with Crippen molar-refractivity contribution in [3.8, 4) is 0 Å². The zero-order valence-corrected chi connectivity index (χ0v) is 13.9. The van der Waals surface area contributed by atoms with Crippen molar-refractivity contribution in [1.82, 2.24) is 5.32 Å². The Morgan fingerprint density at radius 2 is 2.20 bits per heavy atom. The van der Waals surface area contributed by atoms with Crippen LogP contribution in [0.2, 0.25) is 5.02 Å². The van der Waals surface area contributed by atoms with Crippen molar-refractivity contribution < 1.29 is 4.79 Å². The molecule has 0 saturated heterocycles. The summed E-state index contributed by atoms with van der Waals surface area (Å²) in [5.74, 6) is 1.05. The smallest absolute Gasteiger partial charge is 0.237 e. The van der Waals surface area contributed by atoms with Crippen molar-refractivity contribution in [2.24, 2.45) is 11.7 Å². The van der Waals surface area contributed by atoms with E-state index in [1.54, 1.807) is 11.8 Å². The summed E-state index contributed by atoms with van der Waals surface area (Å²) in [6, 6.07) is 5.40. The largest absolute Gasteiger partial charge is 0.348 e. The van der Waals surface area contributed by atoms with E-state index < -0.39 is 6.04 Å². The maximum Gasteiger partial charge on any atom is 0.237 e. The average Bonchev–Trinajstić information content (AvgIpc) is 2.38. The highest BCUT2D eigenvalue weighted by Gasteiger charge is 2.25. The van der Waals surface area contributed by atoms with Gasteiger partial charge in [0.25, 0.3) is 0 Å². The third kappa shape index (κ3) is 4.04. The van der Waals surface area contributed by atoms with Crippen molar-refractivity contribution >= 4 is 41.7 Å². The molecule has 1 amide bonds. The van der Waals surface area contributed by atoms with E-state index in [4.69, 9.17) is 17.3 Å². The van der Waals surface area contributed by atoms with E-state index in [-0.39, 0.29) is 30.3 Å². The number of hydrogen-bond acceptors (Lipinski definition) is 3. The highest BCUT2D eigenvalue weighted by Crippen LogP contribution is 2.37. The van der Waals surface area contributed by atoms with Crippen molar-refractivity contribution in [3.05, 3.63) is 28.8 Å². The Hall–Kier alpha value is -0.420. The zero-order valence-electron chi connectivity index (χ0n) is 11.6. The first kappa shape index (κ1) is 17.6. The minimum Gasteiger partial charge on any atom is -0.348 e. The first-order chi connectivity index (χ1) is 8.99. The number of halogens is 2. The molecular weight excluding hydrogens is 315 g/mol. The fourth-order valence-corrected chi connectivity index (χ4v) is 3.37. The fourth-order valence-electron chi connectivity index (χ4n) is 2.09. The summed E-state index contributed by atoms with van der Waals surface area (Å²) < 4.78 is 0. The molecule has 112 valence electrons. The molecule has 0 saturated carbocycles. The van der Waals surface area contributed by atoms with E-state index in [1.807, 2.05) is 32.0 Å². The number of thioether (sulfide) groups is 1. The van der Waals surface area contributed by atoms with Gasteiger partial charge in [0.2, 0.25) is 5.91 Å². The molecule has 3 nitrogen and oxygen atoms in total. The lowest BCUT2D eigenvalue weighted by Crippen LogP contribution is -2.45. The average molecular weight is 335 g/mol. The number of amides is 1. The number of nitrogens with one attached hydrogen (secondary N) is 1.